The summed E-state index contributed by atoms with van der Waals surface area (Å²) in [6.45, 7) is 4.74. The first-order valence-corrected chi connectivity index (χ1v) is 12.1. The number of benzene rings is 3. The van der Waals surface area contributed by atoms with E-state index in [4.69, 9.17) is 16.7 Å². The summed E-state index contributed by atoms with van der Waals surface area (Å²) >= 11 is 6.16. The third-order valence-electron chi connectivity index (χ3n) is 6.52. The molecular weight excluding hydrogens is 451 g/mol. The van der Waals surface area contributed by atoms with E-state index >= 15 is 0 Å². The first-order chi connectivity index (χ1) is 16.4. The smallest absolute Gasteiger partial charge is 0.303 e. The van der Waals surface area contributed by atoms with Gasteiger partial charge in [-0.05, 0) is 84.7 Å². The number of hydrogen-bond acceptors (Lipinski definition) is 3. The quantitative estimate of drug-likeness (QED) is 0.371. The monoisotopic (exact) mass is 480 g/mol. The van der Waals surface area contributed by atoms with Crippen LogP contribution in [0.5, 0.6) is 0 Å². The molecule has 4 rings (SSSR count). The minimum atomic E-state index is -0.925. The van der Waals surface area contributed by atoms with Gasteiger partial charge in [0.15, 0.2) is 0 Å². The highest BCUT2D eigenvalue weighted by Crippen LogP contribution is 2.33. The molecule has 3 aromatic carbocycles. The molecule has 3 aromatic rings. The van der Waals surface area contributed by atoms with Gasteiger partial charge in [-0.2, -0.15) is 0 Å². The Morgan fingerprint density at radius 1 is 1.12 bits per heavy atom. The summed E-state index contributed by atoms with van der Waals surface area (Å²) in [6.07, 6.45) is 3.28. The molecule has 6 heteroatoms. The van der Waals surface area contributed by atoms with Crippen molar-refractivity contribution in [3.8, 4) is 0 Å². The van der Waals surface area contributed by atoms with Gasteiger partial charge < -0.3 is 15.3 Å². The molecule has 0 fully saturated rings. The molecule has 0 radical (unpaired) electrons. The molecule has 0 aliphatic carbocycles. The average molecular weight is 481 g/mol. The van der Waals surface area contributed by atoms with Crippen molar-refractivity contribution in [2.75, 3.05) is 23.3 Å². The Bertz CT molecular complexity index is 1180. The van der Waals surface area contributed by atoms with E-state index in [1.165, 1.54) is 34.0 Å². The molecule has 178 valence electrons. The van der Waals surface area contributed by atoms with Gasteiger partial charge in [0.2, 0.25) is 0 Å². The summed E-state index contributed by atoms with van der Waals surface area (Å²) in [5.41, 5.74) is 7.50. The lowest BCUT2D eigenvalue weighted by Crippen LogP contribution is -2.32. The third-order valence-corrected chi connectivity index (χ3v) is 6.76. The molecule has 0 spiro atoms. The molecule has 1 aliphatic heterocycles. The maximum atomic E-state index is 14.4. The van der Waals surface area contributed by atoms with Crippen LogP contribution in [-0.4, -0.2) is 24.2 Å². The largest absolute Gasteiger partial charge is 0.481 e. The Kier molecular flexibility index (Phi) is 7.73. The van der Waals surface area contributed by atoms with E-state index in [2.05, 4.69) is 35.3 Å². The fourth-order valence-electron chi connectivity index (χ4n) is 4.68. The molecule has 0 aromatic heterocycles. The number of hydrogen-bond donors (Lipinski definition) is 2. The number of carboxylic acid groups (broad SMARTS) is 1. The number of aliphatic carboxylic acids is 1. The van der Waals surface area contributed by atoms with Crippen molar-refractivity contribution in [2.45, 2.75) is 45.6 Å². The molecule has 1 heterocycles. The molecule has 1 aliphatic rings. The molecule has 2 N–H and O–H groups in total. The molecule has 0 saturated carbocycles. The Hall–Kier alpha value is -3.05. The number of fused-ring (bicyclic) bond motifs is 1. The summed E-state index contributed by atoms with van der Waals surface area (Å²) in [5, 5.41) is 12.9. The van der Waals surface area contributed by atoms with Crippen LogP contribution in [0.15, 0.2) is 54.6 Å². The van der Waals surface area contributed by atoms with E-state index in [0.717, 1.165) is 37.4 Å². The number of nitrogens with one attached hydrogen (secondary N) is 1. The lowest BCUT2D eigenvalue weighted by atomic mass is 9.94. The van der Waals surface area contributed by atoms with Crippen LogP contribution in [0.25, 0.3) is 0 Å². The maximum Gasteiger partial charge on any atom is 0.303 e. The highest BCUT2D eigenvalue weighted by atomic mass is 35.5. The standard InChI is InChI=1S/C28H30ClFN2O2/c1-19-23(18-31-25-11-9-21(26(30)17-25)10-12-27(33)34)8-7-22-5-3-14-32(28(19)22)15-13-20-4-2-6-24(29)16-20/h2,4,6-9,11,16-17,31H,3,5,10,12-15,18H2,1H3,(H,33,34). The number of aryl methyl sites for hydroxylation is 2. The Labute approximate surface area is 205 Å². The summed E-state index contributed by atoms with van der Waals surface area (Å²) < 4.78 is 14.4. The van der Waals surface area contributed by atoms with Gasteiger partial charge >= 0.3 is 5.97 Å². The van der Waals surface area contributed by atoms with E-state index in [1.54, 1.807) is 6.07 Å². The minimum absolute atomic E-state index is 0.0776. The highest BCUT2D eigenvalue weighted by Gasteiger charge is 2.20. The molecule has 34 heavy (non-hydrogen) atoms. The van der Waals surface area contributed by atoms with Crippen LogP contribution >= 0.6 is 11.6 Å². The van der Waals surface area contributed by atoms with Crippen LogP contribution < -0.4 is 10.2 Å². The summed E-state index contributed by atoms with van der Waals surface area (Å²) in [5.74, 6) is -1.30. The molecule has 4 nitrogen and oxygen atoms in total. The zero-order chi connectivity index (χ0) is 24.1. The second kappa shape index (κ2) is 10.9. The summed E-state index contributed by atoms with van der Waals surface area (Å²) in [7, 11) is 0. The Morgan fingerprint density at radius 2 is 1.94 bits per heavy atom. The van der Waals surface area contributed by atoms with Crippen molar-refractivity contribution in [3.63, 3.8) is 0 Å². The van der Waals surface area contributed by atoms with Crippen LogP contribution in [-0.2, 0) is 30.6 Å². The van der Waals surface area contributed by atoms with Crippen molar-refractivity contribution >= 4 is 28.9 Å². The third kappa shape index (κ3) is 5.89. The van der Waals surface area contributed by atoms with Crippen LogP contribution in [0.3, 0.4) is 0 Å². The Morgan fingerprint density at radius 3 is 2.71 bits per heavy atom. The van der Waals surface area contributed by atoms with Crippen LogP contribution in [0, 0.1) is 12.7 Å². The molecule has 0 atom stereocenters. The van der Waals surface area contributed by atoms with Gasteiger partial charge in [0.05, 0.1) is 0 Å². The van der Waals surface area contributed by atoms with Crippen molar-refractivity contribution in [3.05, 3.63) is 93.3 Å². The van der Waals surface area contributed by atoms with Gasteiger partial charge in [-0.15, -0.1) is 0 Å². The molecule has 0 bridgehead atoms. The van der Waals surface area contributed by atoms with Gasteiger partial charge in [-0.1, -0.05) is 41.9 Å². The zero-order valence-corrected chi connectivity index (χ0v) is 20.2. The van der Waals surface area contributed by atoms with E-state index in [9.17, 15) is 9.18 Å². The fraction of sp³-hybridized carbons (Fsp3) is 0.321. The zero-order valence-electron chi connectivity index (χ0n) is 19.4. The van der Waals surface area contributed by atoms with Crippen molar-refractivity contribution in [1.29, 1.82) is 0 Å². The SMILES string of the molecule is Cc1c(CNc2ccc(CCC(=O)O)c(F)c2)ccc2c1N(CCc1cccc(Cl)c1)CCC2. The van der Waals surface area contributed by atoms with E-state index in [1.807, 2.05) is 24.3 Å². The van der Waals surface area contributed by atoms with E-state index < -0.39 is 5.97 Å². The van der Waals surface area contributed by atoms with Crippen LogP contribution in [0.2, 0.25) is 5.02 Å². The first-order valence-electron chi connectivity index (χ1n) is 11.8. The highest BCUT2D eigenvalue weighted by molar-refractivity contribution is 6.30. The van der Waals surface area contributed by atoms with Crippen molar-refractivity contribution < 1.29 is 14.3 Å². The van der Waals surface area contributed by atoms with Gasteiger partial charge in [-0.3, -0.25) is 4.79 Å². The summed E-state index contributed by atoms with van der Waals surface area (Å²) in [4.78, 5) is 13.2. The predicted octanol–water partition coefficient (Wildman–Crippen LogP) is 6.41. The number of halogens is 2. The lowest BCUT2D eigenvalue weighted by molar-refractivity contribution is -0.136. The number of carbonyl (C=O) groups is 1. The van der Waals surface area contributed by atoms with Gasteiger partial charge in [-0.25, -0.2) is 4.39 Å². The number of carboxylic acids is 1. The molecule has 0 unspecified atom stereocenters. The first kappa shape index (κ1) is 24.1. The average Bonchev–Trinajstić information content (AvgIpc) is 2.81. The number of rotatable bonds is 9. The topological polar surface area (TPSA) is 52.6 Å². The van der Waals surface area contributed by atoms with Crippen LogP contribution in [0.4, 0.5) is 15.8 Å². The molecule has 0 amide bonds. The maximum absolute atomic E-state index is 14.4. The molecule has 0 saturated heterocycles. The lowest BCUT2D eigenvalue weighted by Gasteiger charge is -2.34. The van der Waals surface area contributed by atoms with Gasteiger partial charge in [0.1, 0.15) is 5.82 Å². The Balaban J connectivity index is 1.45. The van der Waals surface area contributed by atoms with Crippen molar-refractivity contribution in [1.82, 2.24) is 0 Å². The van der Waals surface area contributed by atoms with Crippen LogP contribution in [0.1, 0.15) is 40.7 Å². The normalized spacial score (nSPS) is 13.0. The second-order valence-corrected chi connectivity index (χ2v) is 9.32. The molecular formula is C28H30ClFN2O2. The van der Waals surface area contributed by atoms with Gasteiger partial charge in [0, 0.05) is 42.5 Å². The fourth-order valence-corrected chi connectivity index (χ4v) is 4.90. The number of nitrogens with zero attached hydrogens (tertiary/aromatic N) is 1. The minimum Gasteiger partial charge on any atom is -0.481 e. The second-order valence-electron chi connectivity index (χ2n) is 8.88. The van der Waals surface area contributed by atoms with E-state index in [-0.39, 0.29) is 18.7 Å². The van der Waals surface area contributed by atoms with Crippen molar-refractivity contribution in [2.24, 2.45) is 0 Å². The number of anilines is 2. The summed E-state index contributed by atoms with van der Waals surface area (Å²) in [6, 6.07) is 17.4. The van der Waals surface area contributed by atoms with Gasteiger partial charge in [0.25, 0.3) is 0 Å². The van der Waals surface area contributed by atoms with E-state index in [0.29, 0.717) is 17.8 Å². The predicted molar refractivity (Wildman–Crippen MR) is 137 cm³/mol.